The number of ether oxygens (including phenoxy) is 1. The van der Waals surface area contributed by atoms with Gasteiger partial charge in [-0.15, -0.1) is 5.10 Å². The van der Waals surface area contributed by atoms with Crippen molar-refractivity contribution in [3.8, 4) is 0 Å². The monoisotopic (exact) mass is 384 g/mol. The van der Waals surface area contributed by atoms with Crippen molar-refractivity contribution in [3.63, 3.8) is 0 Å². The first-order chi connectivity index (χ1) is 13.7. The van der Waals surface area contributed by atoms with E-state index in [4.69, 9.17) is 4.74 Å². The average Bonchev–Trinajstić information content (AvgIpc) is 3.38. The van der Waals surface area contributed by atoms with E-state index >= 15 is 0 Å². The number of aromatic nitrogens is 4. The van der Waals surface area contributed by atoms with Crippen LogP contribution in [0.15, 0.2) is 18.2 Å². The van der Waals surface area contributed by atoms with E-state index in [0.29, 0.717) is 0 Å². The normalized spacial score (nSPS) is 22.0. The van der Waals surface area contributed by atoms with Crippen LogP contribution >= 0.6 is 0 Å². The molecule has 0 amide bonds. The van der Waals surface area contributed by atoms with Gasteiger partial charge < -0.3 is 9.64 Å². The van der Waals surface area contributed by atoms with E-state index < -0.39 is 0 Å². The Labute approximate surface area is 167 Å². The van der Waals surface area contributed by atoms with Crippen LogP contribution in [0.2, 0.25) is 0 Å². The second kappa shape index (κ2) is 8.57. The number of anilines is 1. The van der Waals surface area contributed by atoms with E-state index in [2.05, 4.69) is 64.3 Å². The van der Waals surface area contributed by atoms with Crippen LogP contribution in [0.4, 0.5) is 5.69 Å². The van der Waals surface area contributed by atoms with Crippen LogP contribution < -0.4 is 4.90 Å². The number of benzene rings is 1. The van der Waals surface area contributed by atoms with Gasteiger partial charge in [-0.25, -0.2) is 4.68 Å². The van der Waals surface area contributed by atoms with Gasteiger partial charge in [0.05, 0.1) is 18.7 Å². The summed E-state index contributed by atoms with van der Waals surface area (Å²) in [5.74, 6) is 0.984. The number of aryl methyl sites for hydroxylation is 1. The molecule has 2 fully saturated rings. The second-order valence-corrected chi connectivity index (χ2v) is 8.02. The first-order valence-electron chi connectivity index (χ1n) is 10.6. The molecule has 28 heavy (non-hydrogen) atoms. The number of hydrogen-bond donors (Lipinski definition) is 0. The Balaban J connectivity index is 1.43. The molecular weight excluding hydrogens is 352 g/mol. The third-order valence-electron chi connectivity index (χ3n) is 6.32. The van der Waals surface area contributed by atoms with Crippen LogP contribution in [-0.4, -0.2) is 64.0 Å². The van der Waals surface area contributed by atoms with E-state index in [-0.39, 0.29) is 12.1 Å². The Morgan fingerprint density at radius 2 is 2.00 bits per heavy atom. The third kappa shape index (κ3) is 3.91. The fourth-order valence-electron chi connectivity index (χ4n) is 4.52. The summed E-state index contributed by atoms with van der Waals surface area (Å²) in [4.78, 5) is 5.06. The number of hydrogen-bond acceptors (Lipinski definition) is 6. The first kappa shape index (κ1) is 19.3. The van der Waals surface area contributed by atoms with Crippen molar-refractivity contribution in [3.05, 3.63) is 35.2 Å². The lowest BCUT2D eigenvalue weighted by molar-refractivity contribution is 0.0894. The highest BCUT2D eigenvalue weighted by Gasteiger charge is 2.29. The Kier molecular flexibility index (Phi) is 5.92. The van der Waals surface area contributed by atoms with Gasteiger partial charge in [-0.1, -0.05) is 19.1 Å². The molecule has 152 valence electrons. The highest BCUT2D eigenvalue weighted by Crippen LogP contribution is 2.28. The molecule has 0 radical (unpaired) electrons. The summed E-state index contributed by atoms with van der Waals surface area (Å²) in [6.07, 6.45) is 3.50. The molecule has 2 unspecified atom stereocenters. The molecule has 3 heterocycles. The minimum absolute atomic E-state index is 0.251. The Bertz CT molecular complexity index is 777. The zero-order chi connectivity index (χ0) is 19.5. The molecule has 1 aromatic heterocycles. The van der Waals surface area contributed by atoms with Crippen molar-refractivity contribution in [2.45, 2.75) is 58.7 Å². The highest BCUT2D eigenvalue weighted by molar-refractivity contribution is 5.56. The molecule has 2 saturated heterocycles. The molecule has 7 heteroatoms. The Morgan fingerprint density at radius 1 is 1.18 bits per heavy atom. The SMILES string of the molecule is CCC(c1nnnn1CC1CCCO1)N1CCN(c2cccc(C)c2C)CC1. The standard InChI is InChI=1S/C21H32N6O/c1-4-19(21-22-23-24-27(21)15-18-8-6-14-28-18)25-10-12-26(13-11-25)20-9-5-7-16(2)17(20)3/h5,7,9,18-19H,4,6,8,10-15H2,1-3H3. The molecular formula is C21H32N6O. The predicted octanol–water partition coefficient (Wildman–Crippen LogP) is 2.74. The zero-order valence-corrected chi connectivity index (χ0v) is 17.3. The van der Waals surface area contributed by atoms with Crippen LogP contribution in [0.25, 0.3) is 0 Å². The second-order valence-electron chi connectivity index (χ2n) is 8.02. The third-order valence-corrected chi connectivity index (χ3v) is 6.32. The average molecular weight is 385 g/mol. The number of tetrazole rings is 1. The molecule has 2 aromatic rings. The Hall–Kier alpha value is -1.99. The molecule has 0 spiro atoms. The van der Waals surface area contributed by atoms with Gasteiger partial charge in [0.1, 0.15) is 0 Å². The summed E-state index contributed by atoms with van der Waals surface area (Å²) >= 11 is 0. The molecule has 2 atom stereocenters. The maximum atomic E-state index is 5.79. The van der Waals surface area contributed by atoms with Crippen molar-refractivity contribution in [1.29, 1.82) is 0 Å². The smallest absolute Gasteiger partial charge is 0.168 e. The van der Waals surface area contributed by atoms with Crippen molar-refractivity contribution in [2.24, 2.45) is 0 Å². The number of rotatable bonds is 6. The van der Waals surface area contributed by atoms with Gasteiger partial charge in [0.25, 0.3) is 0 Å². The first-order valence-corrected chi connectivity index (χ1v) is 10.6. The van der Waals surface area contributed by atoms with Crippen LogP contribution in [0.3, 0.4) is 0 Å². The van der Waals surface area contributed by atoms with Crippen molar-refractivity contribution < 1.29 is 4.74 Å². The van der Waals surface area contributed by atoms with Gasteiger partial charge in [-0.05, 0) is 60.7 Å². The van der Waals surface area contributed by atoms with E-state index in [9.17, 15) is 0 Å². The molecule has 0 bridgehead atoms. The molecule has 1 aromatic carbocycles. The van der Waals surface area contributed by atoms with Crippen LogP contribution in [0, 0.1) is 13.8 Å². The highest BCUT2D eigenvalue weighted by atomic mass is 16.5. The van der Waals surface area contributed by atoms with E-state index in [1.165, 1.54) is 16.8 Å². The molecule has 0 N–H and O–H groups in total. The van der Waals surface area contributed by atoms with Crippen LogP contribution in [0.5, 0.6) is 0 Å². The summed E-state index contributed by atoms with van der Waals surface area (Å²) in [6.45, 7) is 12.4. The summed E-state index contributed by atoms with van der Waals surface area (Å²) in [5, 5.41) is 12.6. The topological polar surface area (TPSA) is 59.3 Å². The largest absolute Gasteiger partial charge is 0.376 e. The predicted molar refractivity (Wildman–Crippen MR) is 110 cm³/mol. The number of nitrogens with zero attached hydrogens (tertiary/aromatic N) is 6. The molecule has 2 aliphatic heterocycles. The summed E-state index contributed by atoms with van der Waals surface area (Å²) in [7, 11) is 0. The van der Waals surface area contributed by atoms with Crippen molar-refractivity contribution >= 4 is 5.69 Å². The summed E-state index contributed by atoms with van der Waals surface area (Å²) in [5.41, 5.74) is 4.12. The summed E-state index contributed by atoms with van der Waals surface area (Å²) in [6, 6.07) is 6.86. The van der Waals surface area contributed by atoms with Crippen LogP contribution in [0.1, 0.15) is 49.2 Å². The van der Waals surface area contributed by atoms with Crippen molar-refractivity contribution in [2.75, 3.05) is 37.7 Å². The molecule has 0 aliphatic carbocycles. The van der Waals surface area contributed by atoms with Crippen molar-refractivity contribution in [1.82, 2.24) is 25.1 Å². The molecule has 7 nitrogen and oxygen atoms in total. The van der Waals surface area contributed by atoms with Gasteiger partial charge >= 0.3 is 0 Å². The lowest BCUT2D eigenvalue weighted by Gasteiger charge is -2.40. The van der Waals surface area contributed by atoms with E-state index in [1.807, 2.05) is 4.68 Å². The maximum absolute atomic E-state index is 5.79. The van der Waals surface area contributed by atoms with Gasteiger partial charge in [0.15, 0.2) is 5.82 Å². The molecule has 2 aliphatic rings. The molecule has 0 saturated carbocycles. The van der Waals surface area contributed by atoms with E-state index in [1.54, 1.807) is 0 Å². The van der Waals surface area contributed by atoms with E-state index in [0.717, 1.165) is 64.4 Å². The molecule has 4 rings (SSSR count). The fourth-order valence-corrected chi connectivity index (χ4v) is 4.52. The lowest BCUT2D eigenvalue weighted by atomic mass is 10.1. The zero-order valence-electron chi connectivity index (χ0n) is 17.3. The minimum Gasteiger partial charge on any atom is -0.376 e. The quantitative estimate of drug-likeness (QED) is 0.763. The Morgan fingerprint density at radius 3 is 2.71 bits per heavy atom. The fraction of sp³-hybridized carbons (Fsp3) is 0.667. The summed E-state index contributed by atoms with van der Waals surface area (Å²) < 4.78 is 7.76. The van der Waals surface area contributed by atoms with Gasteiger partial charge in [0.2, 0.25) is 0 Å². The van der Waals surface area contributed by atoms with Gasteiger partial charge in [-0.2, -0.15) is 0 Å². The van der Waals surface area contributed by atoms with Crippen LogP contribution in [-0.2, 0) is 11.3 Å². The van der Waals surface area contributed by atoms with Gasteiger partial charge in [-0.3, -0.25) is 4.90 Å². The minimum atomic E-state index is 0.251. The maximum Gasteiger partial charge on any atom is 0.168 e. The number of piperazine rings is 1. The van der Waals surface area contributed by atoms with Gasteiger partial charge in [0, 0.05) is 38.5 Å². The lowest BCUT2D eigenvalue weighted by Crippen LogP contribution is -2.48.